The molecule has 0 aliphatic heterocycles. The predicted octanol–water partition coefficient (Wildman–Crippen LogP) is 3.01. The second kappa shape index (κ2) is 9.86. The van der Waals surface area contributed by atoms with Crippen LogP contribution in [0.1, 0.15) is 17.3 Å². The van der Waals surface area contributed by atoms with Crippen LogP contribution < -0.4 is 20.9 Å². The molecule has 3 rings (SSSR count). The van der Waals surface area contributed by atoms with Crippen LogP contribution in [0.4, 0.5) is 5.69 Å². The number of aromatic nitrogens is 2. The van der Waals surface area contributed by atoms with Crippen LogP contribution in [0, 0.1) is 4.77 Å². The minimum absolute atomic E-state index is 0.113. The van der Waals surface area contributed by atoms with Gasteiger partial charge < -0.3 is 20.4 Å². The van der Waals surface area contributed by atoms with Crippen LogP contribution in [0.3, 0.4) is 0 Å². The van der Waals surface area contributed by atoms with Crippen LogP contribution in [0.15, 0.2) is 59.9 Å². The Morgan fingerprint density at radius 3 is 2.81 bits per heavy atom. The molecule has 9 heteroatoms. The van der Waals surface area contributed by atoms with Crippen molar-refractivity contribution in [1.29, 1.82) is 0 Å². The molecule has 2 amide bonds. The highest BCUT2D eigenvalue weighted by Crippen LogP contribution is 2.19. The average Bonchev–Trinajstić information content (AvgIpc) is 2.75. The number of carbonyl (C=O) groups excluding carboxylic acids is 2. The van der Waals surface area contributed by atoms with Crippen LogP contribution in [0.2, 0.25) is 0 Å². The topological polar surface area (TPSA) is 105 Å². The molecule has 0 saturated carbocycles. The maximum Gasteiger partial charge on any atom is 0.262 e. The lowest BCUT2D eigenvalue weighted by Crippen LogP contribution is -2.28. The number of hydrogen-bond donors (Lipinski definition) is 3. The molecule has 0 bridgehead atoms. The minimum Gasteiger partial charge on any atom is -0.484 e. The number of nitrogens with one attached hydrogen (secondary N) is 3. The van der Waals surface area contributed by atoms with Crippen molar-refractivity contribution in [2.75, 3.05) is 18.5 Å². The van der Waals surface area contributed by atoms with E-state index in [1.807, 2.05) is 6.92 Å². The van der Waals surface area contributed by atoms with E-state index in [-0.39, 0.29) is 28.8 Å². The van der Waals surface area contributed by atoms with Gasteiger partial charge in [0.2, 0.25) is 0 Å². The second-order valence-corrected chi connectivity index (χ2v) is 7.01. The molecule has 2 aromatic carbocycles. The maximum atomic E-state index is 12.7. The fourth-order valence-electron chi connectivity index (χ4n) is 2.95. The van der Waals surface area contributed by atoms with Gasteiger partial charge in [0.1, 0.15) is 5.75 Å². The van der Waals surface area contributed by atoms with E-state index in [0.29, 0.717) is 41.0 Å². The highest BCUT2D eigenvalue weighted by molar-refractivity contribution is 7.71. The van der Waals surface area contributed by atoms with Crippen molar-refractivity contribution >= 4 is 40.6 Å². The third-order valence-corrected chi connectivity index (χ3v) is 4.71. The van der Waals surface area contributed by atoms with Crippen LogP contribution in [-0.2, 0) is 11.3 Å². The molecular formula is C22H22N4O4S. The van der Waals surface area contributed by atoms with E-state index >= 15 is 0 Å². The summed E-state index contributed by atoms with van der Waals surface area (Å²) in [6.45, 7) is 6.16. The molecule has 3 N–H and O–H groups in total. The SMILES string of the molecule is C=CCn1c(=S)[nH]c2cc(C(=O)Nc3cccc(OCC(=O)NCC)c3)ccc2c1=O. The molecule has 31 heavy (non-hydrogen) atoms. The first-order chi connectivity index (χ1) is 14.9. The normalized spacial score (nSPS) is 10.5. The molecule has 8 nitrogen and oxygen atoms in total. The highest BCUT2D eigenvalue weighted by Gasteiger charge is 2.11. The number of rotatable bonds is 8. The Bertz CT molecular complexity index is 1260. The first-order valence-electron chi connectivity index (χ1n) is 9.61. The molecule has 160 valence electrons. The Hall–Kier alpha value is -3.72. The van der Waals surface area contributed by atoms with E-state index in [2.05, 4.69) is 22.2 Å². The average molecular weight is 439 g/mol. The second-order valence-electron chi connectivity index (χ2n) is 6.62. The molecular weight excluding hydrogens is 416 g/mol. The summed E-state index contributed by atoms with van der Waals surface area (Å²) < 4.78 is 7.10. The Balaban J connectivity index is 1.79. The number of ether oxygens (including phenoxy) is 1. The summed E-state index contributed by atoms with van der Waals surface area (Å²) in [6, 6.07) is 11.5. The van der Waals surface area contributed by atoms with Crippen LogP contribution in [-0.4, -0.2) is 34.5 Å². The van der Waals surface area contributed by atoms with Gasteiger partial charge in [0.25, 0.3) is 17.4 Å². The van der Waals surface area contributed by atoms with Gasteiger partial charge in [-0.15, -0.1) is 6.58 Å². The Morgan fingerprint density at radius 2 is 2.06 bits per heavy atom. The molecule has 1 aromatic heterocycles. The number of allylic oxidation sites excluding steroid dienone is 1. The van der Waals surface area contributed by atoms with Gasteiger partial charge in [-0.1, -0.05) is 12.1 Å². The number of likely N-dealkylation sites (N-methyl/N-ethyl adjacent to an activating group) is 1. The summed E-state index contributed by atoms with van der Waals surface area (Å²) >= 11 is 5.24. The van der Waals surface area contributed by atoms with Gasteiger partial charge in [0.05, 0.1) is 10.9 Å². The van der Waals surface area contributed by atoms with Crippen molar-refractivity contribution in [2.24, 2.45) is 0 Å². The van der Waals surface area contributed by atoms with Gasteiger partial charge >= 0.3 is 0 Å². The third kappa shape index (κ3) is 5.26. The van der Waals surface area contributed by atoms with Crippen molar-refractivity contribution < 1.29 is 14.3 Å². The predicted molar refractivity (Wildman–Crippen MR) is 122 cm³/mol. The lowest BCUT2D eigenvalue weighted by Gasteiger charge is -2.10. The van der Waals surface area contributed by atoms with Gasteiger partial charge in [-0.25, -0.2) is 0 Å². The lowest BCUT2D eigenvalue weighted by molar-refractivity contribution is -0.122. The minimum atomic E-state index is -0.364. The van der Waals surface area contributed by atoms with Crippen LogP contribution in [0.5, 0.6) is 5.75 Å². The summed E-state index contributed by atoms with van der Waals surface area (Å²) in [5, 5.41) is 5.85. The van der Waals surface area contributed by atoms with Crippen molar-refractivity contribution in [3.05, 3.63) is 75.8 Å². The fraction of sp³-hybridized carbons (Fsp3) is 0.182. The van der Waals surface area contributed by atoms with E-state index in [4.69, 9.17) is 17.0 Å². The summed E-state index contributed by atoms with van der Waals surface area (Å²) in [7, 11) is 0. The maximum absolute atomic E-state index is 12.7. The zero-order chi connectivity index (χ0) is 22.4. The number of aromatic amines is 1. The van der Waals surface area contributed by atoms with E-state index in [1.165, 1.54) is 4.57 Å². The molecule has 0 fully saturated rings. The van der Waals surface area contributed by atoms with E-state index < -0.39 is 0 Å². The van der Waals surface area contributed by atoms with E-state index in [0.717, 1.165) is 0 Å². The number of nitrogens with zero attached hydrogens (tertiary/aromatic N) is 1. The molecule has 3 aromatic rings. The highest BCUT2D eigenvalue weighted by atomic mass is 32.1. The largest absolute Gasteiger partial charge is 0.484 e. The Labute approximate surface area is 183 Å². The molecule has 0 saturated heterocycles. The Morgan fingerprint density at radius 1 is 1.26 bits per heavy atom. The van der Waals surface area contributed by atoms with Gasteiger partial charge in [0, 0.05) is 30.4 Å². The molecule has 1 heterocycles. The zero-order valence-electron chi connectivity index (χ0n) is 16.9. The summed E-state index contributed by atoms with van der Waals surface area (Å²) in [6.07, 6.45) is 1.59. The van der Waals surface area contributed by atoms with Crippen LogP contribution in [0.25, 0.3) is 10.9 Å². The number of carbonyl (C=O) groups is 2. The van der Waals surface area contributed by atoms with Gasteiger partial charge in [-0.05, 0) is 49.5 Å². The standard InChI is InChI=1S/C22H22N4O4S/c1-3-10-26-21(29)17-9-8-14(11-18(17)25-22(26)31)20(28)24-15-6-5-7-16(12-15)30-13-19(27)23-4-2/h3,5-9,11-12H,1,4,10,13H2,2H3,(H,23,27)(H,24,28)(H,25,31). The quantitative estimate of drug-likeness (QED) is 0.370. The third-order valence-electron chi connectivity index (χ3n) is 4.39. The first-order valence-corrected chi connectivity index (χ1v) is 10.0. The molecule has 0 atom stereocenters. The van der Waals surface area contributed by atoms with E-state index in [9.17, 15) is 14.4 Å². The Kier molecular flexibility index (Phi) is 6.99. The molecule has 0 aliphatic carbocycles. The number of H-pyrrole nitrogens is 1. The lowest BCUT2D eigenvalue weighted by atomic mass is 10.1. The number of hydrogen-bond acceptors (Lipinski definition) is 5. The molecule has 0 aliphatic rings. The van der Waals surface area contributed by atoms with Crippen molar-refractivity contribution in [2.45, 2.75) is 13.5 Å². The van der Waals surface area contributed by atoms with Crippen molar-refractivity contribution in [3.8, 4) is 5.75 Å². The van der Waals surface area contributed by atoms with Gasteiger partial charge in [0.15, 0.2) is 11.4 Å². The molecule has 0 radical (unpaired) electrons. The first kappa shape index (κ1) is 22.0. The number of fused-ring (bicyclic) bond motifs is 1. The number of anilines is 1. The summed E-state index contributed by atoms with van der Waals surface area (Å²) in [5.74, 6) is -0.135. The van der Waals surface area contributed by atoms with Gasteiger partial charge in [-0.2, -0.15) is 0 Å². The summed E-state index contributed by atoms with van der Waals surface area (Å²) in [4.78, 5) is 39.8. The summed E-state index contributed by atoms with van der Waals surface area (Å²) in [5.41, 5.74) is 1.09. The number of benzene rings is 2. The molecule has 0 spiro atoms. The fourth-order valence-corrected chi connectivity index (χ4v) is 3.22. The van der Waals surface area contributed by atoms with Crippen molar-refractivity contribution in [3.63, 3.8) is 0 Å². The smallest absolute Gasteiger partial charge is 0.262 e. The monoisotopic (exact) mass is 438 g/mol. The van der Waals surface area contributed by atoms with Crippen molar-refractivity contribution in [1.82, 2.24) is 14.9 Å². The molecule has 0 unspecified atom stereocenters. The number of amides is 2. The van der Waals surface area contributed by atoms with E-state index in [1.54, 1.807) is 48.5 Å². The zero-order valence-corrected chi connectivity index (χ0v) is 17.8. The van der Waals surface area contributed by atoms with Crippen LogP contribution >= 0.6 is 12.2 Å². The van der Waals surface area contributed by atoms with Gasteiger partial charge in [-0.3, -0.25) is 19.0 Å².